The van der Waals surface area contributed by atoms with E-state index in [1.807, 2.05) is 18.2 Å². The number of nitriles is 1. The van der Waals surface area contributed by atoms with Crippen LogP contribution in [0.15, 0.2) is 27.6 Å². The van der Waals surface area contributed by atoms with Gasteiger partial charge in [-0.1, -0.05) is 15.9 Å². The molecule has 72 valence electrons. The Morgan fingerprint density at radius 3 is 2.86 bits per heavy atom. The van der Waals surface area contributed by atoms with Crippen LogP contribution in [-0.2, 0) is 4.74 Å². The van der Waals surface area contributed by atoms with Gasteiger partial charge in [-0.2, -0.15) is 5.26 Å². The van der Waals surface area contributed by atoms with Gasteiger partial charge in [-0.3, -0.25) is 0 Å². The van der Waals surface area contributed by atoms with E-state index in [0.717, 1.165) is 28.1 Å². The topological polar surface area (TPSA) is 33.0 Å². The molecule has 1 aromatic rings. The van der Waals surface area contributed by atoms with Crippen LogP contribution >= 0.6 is 27.7 Å². The fraction of sp³-hybridized carbons (Fsp3) is 0.300. The molecule has 0 spiro atoms. The summed E-state index contributed by atoms with van der Waals surface area (Å²) in [6.45, 7) is 1.59. The molecular weight excluding hydrogens is 262 g/mol. The summed E-state index contributed by atoms with van der Waals surface area (Å²) in [7, 11) is 0. The van der Waals surface area contributed by atoms with Crippen molar-refractivity contribution >= 4 is 27.7 Å². The Labute approximate surface area is 95.4 Å². The average Bonchev–Trinajstić information content (AvgIpc) is 2.13. The Kier molecular flexibility index (Phi) is 3.12. The summed E-state index contributed by atoms with van der Waals surface area (Å²) >= 11 is 5.07. The maximum atomic E-state index is 8.93. The van der Waals surface area contributed by atoms with E-state index < -0.39 is 0 Å². The summed E-state index contributed by atoms with van der Waals surface area (Å²) in [5.41, 5.74) is 0.733. The smallest absolute Gasteiger partial charge is 0.100 e. The predicted molar refractivity (Wildman–Crippen MR) is 59.3 cm³/mol. The first-order valence-electron chi connectivity index (χ1n) is 4.23. The Hall–Kier alpha value is -0.500. The largest absolute Gasteiger partial charge is 0.379 e. The summed E-state index contributed by atoms with van der Waals surface area (Å²) < 4.78 is 6.04. The number of nitrogens with zero attached hydrogens (tertiary/aromatic N) is 1. The van der Waals surface area contributed by atoms with Crippen molar-refractivity contribution in [3.63, 3.8) is 0 Å². The minimum absolute atomic E-state index is 0.517. The van der Waals surface area contributed by atoms with E-state index in [1.54, 1.807) is 11.8 Å². The van der Waals surface area contributed by atoms with Crippen molar-refractivity contribution in [1.29, 1.82) is 5.26 Å². The number of rotatable bonds is 2. The third kappa shape index (κ3) is 2.11. The molecule has 2 rings (SSSR count). The molecule has 0 saturated carbocycles. The highest BCUT2D eigenvalue weighted by Gasteiger charge is 2.20. The molecule has 1 aliphatic heterocycles. The maximum Gasteiger partial charge on any atom is 0.100 e. The van der Waals surface area contributed by atoms with Crippen molar-refractivity contribution in [2.24, 2.45) is 0 Å². The Balaban J connectivity index is 2.19. The molecule has 0 radical (unpaired) electrons. The quantitative estimate of drug-likeness (QED) is 0.828. The third-order valence-electron chi connectivity index (χ3n) is 1.96. The third-order valence-corrected chi connectivity index (χ3v) is 3.67. The van der Waals surface area contributed by atoms with Crippen LogP contribution in [0.3, 0.4) is 0 Å². The summed E-state index contributed by atoms with van der Waals surface area (Å²) in [4.78, 5) is 1.05. The van der Waals surface area contributed by atoms with Gasteiger partial charge in [0.2, 0.25) is 0 Å². The van der Waals surface area contributed by atoms with Gasteiger partial charge >= 0.3 is 0 Å². The van der Waals surface area contributed by atoms with Crippen molar-refractivity contribution in [2.45, 2.75) is 10.1 Å². The van der Waals surface area contributed by atoms with E-state index in [2.05, 4.69) is 22.0 Å². The van der Waals surface area contributed by atoms with Crippen LogP contribution in [0, 0.1) is 11.3 Å². The molecule has 0 aromatic heterocycles. The molecule has 1 saturated heterocycles. The first kappa shape index (κ1) is 10.0. The van der Waals surface area contributed by atoms with Crippen LogP contribution in [0.2, 0.25) is 0 Å². The molecule has 4 heteroatoms. The van der Waals surface area contributed by atoms with Gasteiger partial charge in [-0.15, -0.1) is 11.8 Å². The number of hydrogen-bond donors (Lipinski definition) is 0. The fourth-order valence-corrected chi connectivity index (χ4v) is 2.58. The molecule has 1 heterocycles. The second kappa shape index (κ2) is 4.35. The lowest BCUT2D eigenvalue weighted by Crippen LogP contribution is -2.30. The number of thioether (sulfide) groups is 1. The Bertz CT molecular complexity index is 384. The van der Waals surface area contributed by atoms with E-state index in [0.29, 0.717) is 5.25 Å². The highest BCUT2D eigenvalue weighted by atomic mass is 79.9. The van der Waals surface area contributed by atoms with Crippen LogP contribution in [0.4, 0.5) is 0 Å². The molecular formula is C10H8BrNOS. The molecule has 1 fully saturated rings. The number of benzene rings is 1. The van der Waals surface area contributed by atoms with E-state index >= 15 is 0 Å². The number of hydrogen-bond acceptors (Lipinski definition) is 3. The molecule has 14 heavy (non-hydrogen) atoms. The minimum Gasteiger partial charge on any atom is -0.379 e. The van der Waals surface area contributed by atoms with Crippen molar-refractivity contribution < 1.29 is 4.74 Å². The summed E-state index contributed by atoms with van der Waals surface area (Å²) in [5.74, 6) is 0. The molecule has 0 aliphatic carbocycles. The normalized spacial score (nSPS) is 16.0. The van der Waals surface area contributed by atoms with Gasteiger partial charge in [0.1, 0.15) is 6.07 Å². The van der Waals surface area contributed by atoms with Gasteiger partial charge < -0.3 is 4.74 Å². The van der Waals surface area contributed by atoms with Crippen LogP contribution in [0.1, 0.15) is 5.56 Å². The van der Waals surface area contributed by atoms with Gasteiger partial charge in [0.15, 0.2) is 0 Å². The van der Waals surface area contributed by atoms with E-state index in [9.17, 15) is 0 Å². The van der Waals surface area contributed by atoms with Gasteiger partial charge in [0.05, 0.1) is 24.0 Å². The van der Waals surface area contributed by atoms with E-state index in [4.69, 9.17) is 10.00 Å². The molecule has 0 N–H and O–H groups in total. The summed E-state index contributed by atoms with van der Waals surface area (Å²) in [5, 5.41) is 9.45. The van der Waals surface area contributed by atoms with Gasteiger partial charge in [0, 0.05) is 9.37 Å². The highest BCUT2D eigenvalue weighted by Crippen LogP contribution is 2.31. The molecule has 0 amide bonds. The minimum atomic E-state index is 0.517. The zero-order valence-electron chi connectivity index (χ0n) is 7.37. The lowest BCUT2D eigenvalue weighted by molar-refractivity contribution is 0.0455. The SMILES string of the molecule is N#Cc1cc(Br)ccc1SC1COC1. The zero-order valence-corrected chi connectivity index (χ0v) is 9.77. The van der Waals surface area contributed by atoms with Gasteiger partial charge in [-0.05, 0) is 18.2 Å². The second-order valence-corrected chi connectivity index (χ2v) is 5.29. The van der Waals surface area contributed by atoms with Crippen LogP contribution < -0.4 is 0 Å². The Morgan fingerprint density at radius 1 is 1.50 bits per heavy atom. The first-order chi connectivity index (χ1) is 6.79. The van der Waals surface area contributed by atoms with Crippen molar-refractivity contribution in [3.05, 3.63) is 28.2 Å². The van der Waals surface area contributed by atoms with Gasteiger partial charge in [0.25, 0.3) is 0 Å². The van der Waals surface area contributed by atoms with E-state index in [-0.39, 0.29) is 0 Å². The predicted octanol–water partition coefficient (Wildman–Crippen LogP) is 2.81. The highest BCUT2D eigenvalue weighted by molar-refractivity contribution is 9.10. The molecule has 1 aliphatic rings. The average molecular weight is 270 g/mol. The summed E-state index contributed by atoms with van der Waals surface area (Å²) in [6, 6.07) is 7.99. The molecule has 2 nitrogen and oxygen atoms in total. The zero-order chi connectivity index (χ0) is 9.97. The van der Waals surface area contributed by atoms with Gasteiger partial charge in [-0.25, -0.2) is 0 Å². The monoisotopic (exact) mass is 269 g/mol. The number of halogens is 1. The second-order valence-electron chi connectivity index (χ2n) is 3.03. The Morgan fingerprint density at radius 2 is 2.29 bits per heavy atom. The van der Waals surface area contributed by atoms with E-state index in [1.165, 1.54) is 0 Å². The lowest BCUT2D eigenvalue weighted by atomic mass is 10.2. The van der Waals surface area contributed by atoms with Crippen molar-refractivity contribution in [1.82, 2.24) is 0 Å². The van der Waals surface area contributed by atoms with Crippen LogP contribution in [-0.4, -0.2) is 18.5 Å². The molecule has 0 bridgehead atoms. The molecule has 1 aromatic carbocycles. The molecule has 0 unspecified atom stereocenters. The molecule has 0 atom stereocenters. The fourth-order valence-electron chi connectivity index (χ4n) is 1.15. The first-order valence-corrected chi connectivity index (χ1v) is 5.91. The van der Waals surface area contributed by atoms with Crippen LogP contribution in [0.5, 0.6) is 0 Å². The summed E-state index contributed by atoms with van der Waals surface area (Å²) in [6.07, 6.45) is 0. The lowest BCUT2D eigenvalue weighted by Gasteiger charge is -2.25. The van der Waals surface area contributed by atoms with Crippen molar-refractivity contribution in [2.75, 3.05) is 13.2 Å². The maximum absolute atomic E-state index is 8.93. The van der Waals surface area contributed by atoms with Crippen molar-refractivity contribution in [3.8, 4) is 6.07 Å². The standard InChI is InChI=1S/C10H8BrNOS/c11-8-1-2-10(7(3-8)4-12)14-9-5-13-6-9/h1-3,9H,5-6H2. The number of ether oxygens (including phenoxy) is 1. The van der Waals surface area contributed by atoms with Crippen LogP contribution in [0.25, 0.3) is 0 Å².